The van der Waals surface area contributed by atoms with Gasteiger partial charge in [0, 0.05) is 10.8 Å². The molecule has 0 aliphatic carbocycles. The molecule has 9 rings (SSSR count). The smallest absolute Gasteiger partial charge is 0.135 e. The maximum absolute atomic E-state index is 9.79. The van der Waals surface area contributed by atoms with Crippen molar-refractivity contribution in [1.29, 1.82) is 0 Å². The molecule has 8 aromatic carbocycles. The molecule has 0 fully saturated rings. The van der Waals surface area contributed by atoms with Crippen molar-refractivity contribution in [3.05, 3.63) is 169 Å². The Bertz CT molecular complexity index is 3550. The highest BCUT2D eigenvalue weighted by molar-refractivity contribution is 6.22. The molecule has 0 spiro atoms. The number of benzene rings is 8. The van der Waals surface area contributed by atoms with E-state index in [4.69, 9.17) is 23.6 Å². The van der Waals surface area contributed by atoms with Crippen LogP contribution in [0.2, 0.25) is 0 Å². The molecular formula is C44H28O. The molecule has 1 heteroatoms. The van der Waals surface area contributed by atoms with Gasteiger partial charge < -0.3 is 4.42 Å². The van der Waals surface area contributed by atoms with Gasteiger partial charge in [-0.15, -0.1) is 0 Å². The predicted molar refractivity (Wildman–Crippen MR) is 190 cm³/mol. The van der Waals surface area contributed by atoms with Gasteiger partial charge in [-0.3, -0.25) is 0 Å². The average Bonchev–Trinajstić information content (AvgIpc) is 3.71. The molecule has 0 amide bonds. The van der Waals surface area contributed by atoms with E-state index >= 15 is 0 Å². The summed E-state index contributed by atoms with van der Waals surface area (Å²) in [6.07, 6.45) is 0. The highest BCUT2D eigenvalue weighted by atomic mass is 16.3. The molecular weight excluding hydrogens is 544 g/mol. The van der Waals surface area contributed by atoms with Crippen LogP contribution in [0.3, 0.4) is 0 Å². The topological polar surface area (TPSA) is 13.1 Å². The Kier molecular flexibility index (Phi) is 2.90. The Morgan fingerprint density at radius 2 is 0.733 bits per heavy atom. The Morgan fingerprint density at radius 3 is 1.27 bits per heavy atom. The predicted octanol–water partition coefficient (Wildman–Crippen LogP) is 12.6. The zero-order valence-corrected chi connectivity index (χ0v) is 23.0. The van der Waals surface area contributed by atoms with Gasteiger partial charge in [0.25, 0.3) is 0 Å². The van der Waals surface area contributed by atoms with E-state index in [0.29, 0.717) is 21.5 Å². The number of rotatable bonds is 4. The van der Waals surface area contributed by atoms with Gasteiger partial charge >= 0.3 is 0 Å². The summed E-state index contributed by atoms with van der Waals surface area (Å²) in [5.41, 5.74) is -2.76. The SMILES string of the molecule is [2H]c1c([2H])c([2H])c(-c2c([2H])c([2H])c([2H])c(-c3c4ccccc4c(-c4c([2H])c([2H])c5oc6c([2H])c([2H])c(-c7c([2H])c([2H])c([2H])c([2H])c7[2H])c([2H])c6c5c4[2H])c4ccccc34)c2[2H])c([2H])c1[2H]. The van der Waals surface area contributed by atoms with Gasteiger partial charge in [0.05, 0.1) is 27.4 Å². The van der Waals surface area contributed by atoms with Crippen LogP contribution in [0, 0.1) is 0 Å². The summed E-state index contributed by atoms with van der Waals surface area (Å²) in [6, 6.07) is -0.202. The molecule has 1 heterocycles. The van der Waals surface area contributed by atoms with Crippen molar-refractivity contribution in [2.45, 2.75) is 0 Å². The summed E-state index contributed by atoms with van der Waals surface area (Å²) < 4.78 is 182. The fourth-order valence-corrected chi connectivity index (χ4v) is 5.66. The first-order chi connectivity index (χ1) is 30.7. The molecule has 0 unspecified atom stereocenters. The number of furan rings is 1. The number of hydrogen-bond acceptors (Lipinski definition) is 1. The minimum atomic E-state index is -0.739. The van der Waals surface area contributed by atoms with E-state index in [-0.39, 0.29) is 38.6 Å². The molecule has 0 aliphatic heterocycles. The first-order valence-electron chi connectivity index (χ1n) is 23.8. The van der Waals surface area contributed by atoms with Crippen molar-refractivity contribution < 1.29 is 31.8 Å². The lowest BCUT2D eigenvalue weighted by atomic mass is 9.85. The van der Waals surface area contributed by atoms with E-state index in [1.807, 2.05) is 0 Å². The fraction of sp³-hybridized carbons (Fsp3) is 0. The molecule has 210 valence electrons. The standard InChI is InChI=1S/C44H28O/c1-3-12-29(13-4-1)31-16-11-17-33(26-31)43-35-18-7-9-20-37(35)44(38-21-10-8-19-36(38)43)34-23-25-42-40(28-34)39-27-32(22-24-41(39)45-42)30-14-5-2-6-15-30/h1-28H/i1D,2D,3D,4D,5D,6D,11D,12D,13D,14D,15D,16D,17D,22D,23D,24D,25D,26D,27D,28D. The lowest BCUT2D eigenvalue weighted by molar-refractivity contribution is 0.669. The third-order valence-corrected chi connectivity index (χ3v) is 7.57. The van der Waals surface area contributed by atoms with E-state index in [9.17, 15) is 8.22 Å². The van der Waals surface area contributed by atoms with Crippen LogP contribution in [0.1, 0.15) is 27.4 Å². The quantitative estimate of drug-likeness (QED) is 0.185. The van der Waals surface area contributed by atoms with Crippen molar-refractivity contribution in [2.24, 2.45) is 0 Å². The highest BCUT2D eigenvalue weighted by Gasteiger charge is 2.18. The molecule has 1 nitrogen and oxygen atoms in total. The van der Waals surface area contributed by atoms with E-state index in [2.05, 4.69) is 0 Å². The van der Waals surface area contributed by atoms with Crippen LogP contribution in [0.5, 0.6) is 0 Å². The molecule has 0 aliphatic rings. The number of fused-ring (bicyclic) bond motifs is 5. The second-order valence-electron chi connectivity index (χ2n) is 10.1. The minimum absolute atomic E-state index is 0.158. The zero-order chi connectivity index (χ0) is 47.1. The van der Waals surface area contributed by atoms with Gasteiger partial charge in [-0.1, -0.05) is 139 Å². The highest BCUT2D eigenvalue weighted by Crippen LogP contribution is 2.45. The zero-order valence-electron chi connectivity index (χ0n) is 43.0. The Morgan fingerprint density at radius 1 is 0.333 bits per heavy atom. The van der Waals surface area contributed by atoms with Gasteiger partial charge in [-0.25, -0.2) is 0 Å². The lowest BCUT2D eigenvalue weighted by Gasteiger charge is -2.18. The maximum Gasteiger partial charge on any atom is 0.135 e. The Hall–Kier alpha value is -5.92. The summed E-state index contributed by atoms with van der Waals surface area (Å²) in [5, 5.41) is 0.706. The molecule has 0 N–H and O–H groups in total. The van der Waals surface area contributed by atoms with E-state index < -0.39 is 149 Å². The molecule has 1 aromatic heterocycles. The summed E-state index contributed by atoms with van der Waals surface area (Å²) in [4.78, 5) is 0. The molecule has 0 radical (unpaired) electrons. The molecule has 9 aromatic rings. The van der Waals surface area contributed by atoms with Gasteiger partial charge in [0.15, 0.2) is 0 Å². The van der Waals surface area contributed by atoms with Crippen molar-refractivity contribution >= 4 is 43.5 Å². The van der Waals surface area contributed by atoms with Gasteiger partial charge in [0.1, 0.15) is 11.2 Å². The van der Waals surface area contributed by atoms with Crippen LogP contribution in [-0.2, 0) is 0 Å². The minimum Gasteiger partial charge on any atom is -0.456 e. The first kappa shape index (κ1) is 12.6. The Balaban J connectivity index is 1.43. The van der Waals surface area contributed by atoms with E-state index in [1.165, 1.54) is 0 Å². The Labute approximate surface area is 289 Å². The first-order valence-corrected chi connectivity index (χ1v) is 13.8. The lowest BCUT2D eigenvalue weighted by Crippen LogP contribution is -1.91. The molecule has 0 saturated heterocycles. The summed E-state index contributed by atoms with van der Waals surface area (Å²) in [6.45, 7) is 0. The van der Waals surface area contributed by atoms with Crippen LogP contribution in [-0.4, -0.2) is 0 Å². The average molecular weight is 593 g/mol. The third-order valence-electron chi connectivity index (χ3n) is 7.57. The molecule has 0 saturated carbocycles. The summed E-state index contributed by atoms with van der Waals surface area (Å²) >= 11 is 0. The van der Waals surface area contributed by atoms with Gasteiger partial charge in [0.2, 0.25) is 0 Å². The van der Waals surface area contributed by atoms with Gasteiger partial charge in [-0.05, 0) is 96.3 Å². The normalized spacial score (nSPS) is 17.8. The van der Waals surface area contributed by atoms with Crippen LogP contribution in [0.15, 0.2) is 174 Å². The third kappa shape index (κ3) is 4.24. The van der Waals surface area contributed by atoms with Crippen LogP contribution in [0.4, 0.5) is 0 Å². The summed E-state index contributed by atoms with van der Waals surface area (Å²) in [7, 11) is 0. The van der Waals surface area contributed by atoms with E-state index in [0.717, 1.165) is 0 Å². The van der Waals surface area contributed by atoms with Crippen molar-refractivity contribution in [2.75, 3.05) is 0 Å². The maximum atomic E-state index is 9.79. The second kappa shape index (κ2) is 10.4. The van der Waals surface area contributed by atoms with Crippen molar-refractivity contribution in [3.63, 3.8) is 0 Å². The fourth-order valence-electron chi connectivity index (χ4n) is 5.66. The second-order valence-corrected chi connectivity index (χ2v) is 10.1. The molecule has 0 atom stereocenters. The van der Waals surface area contributed by atoms with Crippen molar-refractivity contribution in [1.82, 2.24) is 0 Å². The van der Waals surface area contributed by atoms with Crippen LogP contribution in [0.25, 0.3) is 88.0 Å². The monoisotopic (exact) mass is 592 g/mol. The van der Waals surface area contributed by atoms with Crippen molar-refractivity contribution in [3.8, 4) is 44.5 Å². The van der Waals surface area contributed by atoms with Crippen LogP contribution < -0.4 is 0 Å². The number of hydrogen-bond donors (Lipinski definition) is 0. The van der Waals surface area contributed by atoms with E-state index in [1.54, 1.807) is 48.5 Å². The molecule has 0 bridgehead atoms. The summed E-state index contributed by atoms with van der Waals surface area (Å²) in [5.74, 6) is 0. The molecule has 45 heavy (non-hydrogen) atoms. The van der Waals surface area contributed by atoms with Gasteiger partial charge in [-0.2, -0.15) is 0 Å². The van der Waals surface area contributed by atoms with Crippen LogP contribution >= 0.6 is 0 Å². The largest absolute Gasteiger partial charge is 0.456 e.